The van der Waals surface area contributed by atoms with Gasteiger partial charge in [0.2, 0.25) is 0 Å². The Balaban J connectivity index is 0.000000324. The van der Waals surface area contributed by atoms with Crippen molar-refractivity contribution in [2.45, 2.75) is 0 Å². The first kappa shape index (κ1) is 18.8. The summed E-state index contributed by atoms with van der Waals surface area (Å²) >= 11 is 0. The third-order valence-electron chi connectivity index (χ3n) is 1.93. The van der Waals surface area contributed by atoms with Gasteiger partial charge in [-0.1, -0.05) is 45.5 Å². The minimum Gasteiger partial charge on any atom is -0.591 e. The van der Waals surface area contributed by atoms with E-state index in [-0.39, 0.29) is 37.7 Å². The van der Waals surface area contributed by atoms with E-state index < -0.39 is 16.1 Å². The summed E-state index contributed by atoms with van der Waals surface area (Å²) in [5, 5.41) is 0.736. The summed E-state index contributed by atoms with van der Waals surface area (Å²) < 4.78 is 20.5. The molecule has 2 rings (SSSR count). The van der Waals surface area contributed by atoms with Gasteiger partial charge in [0, 0.05) is 0 Å². The van der Waals surface area contributed by atoms with Crippen molar-refractivity contribution in [1.29, 1.82) is 0 Å². The fraction of sp³-hybridized carbons (Fsp3) is 0. The van der Waals surface area contributed by atoms with Crippen molar-refractivity contribution in [1.82, 2.24) is 0 Å². The first-order valence-corrected chi connectivity index (χ1v) is 7.35. The van der Waals surface area contributed by atoms with E-state index in [2.05, 4.69) is 0 Å². The first-order valence-electron chi connectivity index (χ1n) is 5.00. The molecule has 7 heteroatoms. The summed E-state index contributed by atoms with van der Waals surface area (Å²) in [6, 6.07) is 16.6. The molecule has 0 aromatic heterocycles. The zero-order valence-corrected chi connectivity index (χ0v) is 14.0. The zero-order valence-electron chi connectivity index (χ0n) is 10.0. The minimum atomic E-state index is -2.40. The van der Waals surface area contributed by atoms with Crippen LogP contribution in [0.25, 0.3) is 0 Å². The second-order valence-corrected chi connectivity index (χ2v) is 5.25. The van der Waals surface area contributed by atoms with Gasteiger partial charge >= 0.3 is 53.8 Å². The smallest absolute Gasteiger partial charge is 0.591 e. The van der Waals surface area contributed by atoms with Gasteiger partial charge in [0.05, 0.1) is 0 Å². The zero-order chi connectivity index (χ0) is 13.4. The van der Waals surface area contributed by atoms with Gasteiger partial charge in [-0.05, 0) is 24.3 Å². The van der Waals surface area contributed by atoms with Crippen LogP contribution in [0.15, 0.2) is 60.7 Å². The van der Waals surface area contributed by atoms with Crippen LogP contribution in [-0.2, 0) is 9.13 Å². The van der Waals surface area contributed by atoms with Gasteiger partial charge in [-0.2, -0.15) is 0 Å². The van der Waals surface area contributed by atoms with Crippen LogP contribution >= 0.6 is 16.1 Å². The predicted octanol–water partition coefficient (Wildman–Crippen LogP) is 0.448. The largest absolute Gasteiger partial charge is 2.00 e. The van der Waals surface area contributed by atoms with Crippen LogP contribution in [-0.4, -0.2) is 37.7 Å². The molecule has 0 bridgehead atoms. The Labute approximate surface area is 143 Å². The van der Waals surface area contributed by atoms with Crippen molar-refractivity contribution in [2.24, 2.45) is 0 Å². The molecular formula is C12H10CaO4P2+2. The molecule has 0 amide bonds. The van der Waals surface area contributed by atoms with Crippen molar-refractivity contribution < 1.29 is 18.9 Å². The minimum absolute atomic E-state index is 0. The first-order chi connectivity index (χ1) is 8.61. The number of hydrogen-bond acceptors (Lipinski definition) is 4. The molecule has 0 fully saturated rings. The van der Waals surface area contributed by atoms with Gasteiger partial charge in [0.15, 0.2) is 10.6 Å². The van der Waals surface area contributed by atoms with Gasteiger partial charge in [0.1, 0.15) is 0 Å². The third-order valence-corrected chi connectivity index (χ3v) is 3.37. The molecular weight excluding hydrogens is 310 g/mol. The van der Waals surface area contributed by atoms with Crippen LogP contribution in [0.2, 0.25) is 0 Å². The van der Waals surface area contributed by atoms with Crippen LogP contribution in [0, 0.1) is 0 Å². The topological polar surface area (TPSA) is 80.3 Å². The molecule has 2 aromatic rings. The van der Waals surface area contributed by atoms with Gasteiger partial charge in [-0.15, -0.1) is 0 Å². The van der Waals surface area contributed by atoms with Crippen LogP contribution in [0.1, 0.15) is 0 Å². The summed E-state index contributed by atoms with van der Waals surface area (Å²) in [4.78, 5) is 20.5. The Kier molecular flexibility index (Phi) is 10.5. The summed E-state index contributed by atoms with van der Waals surface area (Å²) in [5.41, 5.74) is 0. The summed E-state index contributed by atoms with van der Waals surface area (Å²) in [6.45, 7) is 0. The van der Waals surface area contributed by atoms with Crippen molar-refractivity contribution in [2.75, 3.05) is 0 Å². The Morgan fingerprint density at radius 3 is 1.05 bits per heavy atom. The molecule has 92 valence electrons. The maximum absolute atomic E-state index is 10.2. The maximum atomic E-state index is 10.2. The Morgan fingerprint density at radius 1 is 0.632 bits per heavy atom. The molecule has 0 N–H and O–H groups in total. The average molecular weight is 320 g/mol. The maximum Gasteiger partial charge on any atom is 2.00 e. The van der Waals surface area contributed by atoms with Gasteiger partial charge in [0.25, 0.3) is 0 Å². The molecule has 0 aliphatic rings. The summed E-state index contributed by atoms with van der Waals surface area (Å²) in [7, 11) is -4.79. The molecule has 19 heavy (non-hydrogen) atoms. The fourth-order valence-electron chi connectivity index (χ4n) is 1.10. The van der Waals surface area contributed by atoms with E-state index in [0.717, 1.165) is 0 Å². The molecule has 4 nitrogen and oxygen atoms in total. The van der Waals surface area contributed by atoms with Gasteiger partial charge in [-0.25, -0.2) is 0 Å². The van der Waals surface area contributed by atoms with E-state index in [1.165, 1.54) is 0 Å². The van der Waals surface area contributed by atoms with Crippen molar-refractivity contribution >= 4 is 64.4 Å². The normalized spacial score (nSPS) is 10.4. The number of benzene rings is 2. The molecule has 0 radical (unpaired) electrons. The van der Waals surface area contributed by atoms with Crippen LogP contribution in [0.3, 0.4) is 0 Å². The third kappa shape index (κ3) is 7.86. The molecule has 2 unspecified atom stereocenters. The Bertz CT molecular complexity index is 470. The predicted molar refractivity (Wildman–Crippen MR) is 73.1 cm³/mol. The summed E-state index contributed by atoms with van der Waals surface area (Å²) in [6.07, 6.45) is 0. The number of rotatable bonds is 2. The van der Waals surface area contributed by atoms with Gasteiger partial charge < -0.3 is 9.79 Å². The molecule has 2 atom stereocenters. The van der Waals surface area contributed by atoms with E-state index in [0.29, 0.717) is 10.6 Å². The van der Waals surface area contributed by atoms with Gasteiger partial charge in [-0.3, -0.25) is 0 Å². The SMILES string of the molecule is O=[P+]([O-])c1ccccc1.O=[P+]([O-])c1ccccc1.[Ca+2]. The fourth-order valence-corrected chi connectivity index (χ4v) is 1.93. The second-order valence-electron chi connectivity index (χ2n) is 3.19. The molecule has 0 saturated heterocycles. The second kappa shape index (κ2) is 10.6. The Morgan fingerprint density at radius 2 is 0.895 bits per heavy atom. The molecule has 0 saturated carbocycles. The average Bonchev–Trinajstić information content (AvgIpc) is 2.41. The standard InChI is InChI=1S/2C6H5O2P.Ca/c2*7-9(8)6-4-2-1-3-5-6;/h2*1-5H;/q;;+2. The summed E-state index contributed by atoms with van der Waals surface area (Å²) in [5.74, 6) is 0. The quantitative estimate of drug-likeness (QED) is 0.594. The van der Waals surface area contributed by atoms with E-state index in [1.54, 1.807) is 60.7 Å². The van der Waals surface area contributed by atoms with E-state index in [9.17, 15) is 18.9 Å². The molecule has 2 aromatic carbocycles. The van der Waals surface area contributed by atoms with Crippen molar-refractivity contribution in [3.8, 4) is 0 Å². The van der Waals surface area contributed by atoms with Crippen LogP contribution < -0.4 is 20.4 Å². The van der Waals surface area contributed by atoms with Crippen LogP contribution in [0.4, 0.5) is 0 Å². The van der Waals surface area contributed by atoms with E-state index in [1.807, 2.05) is 0 Å². The molecule has 0 spiro atoms. The van der Waals surface area contributed by atoms with Crippen molar-refractivity contribution in [3.63, 3.8) is 0 Å². The molecule has 0 heterocycles. The molecule has 0 aliphatic heterocycles. The van der Waals surface area contributed by atoms with E-state index >= 15 is 0 Å². The monoisotopic (exact) mass is 320 g/mol. The Hall–Kier alpha value is -0.180. The molecule has 0 aliphatic carbocycles. The number of hydrogen-bond donors (Lipinski definition) is 0. The van der Waals surface area contributed by atoms with Crippen LogP contribution in [0.5, 0.6) is 0 Å². The van der Waals surface area contributed by atoms with E-state index in [4.69, 9.17) is 0 Å². The van der Waals surface area contributed by atoms with Crippen molar-refractivity contribution in [3.05, 3.63) is 60.7 Å².